The number of nitrogens with zero attached hydrogens (tertiary/aromatic N) is 5. The first kappa shape index (κ1) is 28.8. The van der Waals surface area contributed by atoms with Gasteiger partial charge in [-0.3, -0.25) is 0 Å². The maximum atomic E-state index is 10.5. The van der Waals surface area contributed by atoms with Gasteiger partial charge in [-0.1, -0.05) is 84.9 Å². The Balaban J connectivity index is 1.25. The van der Waals surface area contributed by atoms with Gasteiger partial charge in [0.15, 0.2) is 0 Å². The van der Waals surface area contributed by atoms with Crippen molar-refractivity contribution in [1.29, 1.82) is 15.8 Å². The molecule has 0 N–H and O–H groups in total. The highest BCUT2D eigenvalue weighted by Gasteiger charge is 2.21. The Hall–Kier alpha value is -7.39. The molecular formula is C45H25N5. The molecule has 9 rings (SSSR count). The lowest BCUT2D eigenvalue weighted by atomic mass is 9.96. The summed E-state index contributed by atoms with van der Waals surface area (Å²) in [7, 11) is 0. The van der Waals surface area contributed by atoms with E-state index in [0.717, 1.165) is 66.5 Å². The molecule has 0 amide bonds. The summed E-state index contributed by atoms with van der Waals surface area (Å²) >= 11 is 0. The molecule has 0 aliphatic carbocycles. The van der Waals surface area contributed by atoms with Crippen molar-refractivity contribution in [2.75, 3.05) is 0 Å². The van der Waals surface area contributed by atoms with E-state index in [2.05, 4.69) is 124 Å². The SMILES string of the molecule is N#Cc1ccc2c(c1)c1c(C#N)cccc1n2-c1c(C#N)cccc1-c1cccc(-c2cccc(-n3c4ccccc4c4ccccc43)c2)c1. The summed E-state index contributed by atoms with van der Waals surface area (Å²) in [5.41, 5.74) is 11.2. The highest BCUT2D eigenvalue weighted by molar-refractivity contribution is 6.13. The molecule has 0 saturated carbocycles. The number of nitriles is 3. The second kappa shape index (κ2) is 11.4. The highest BCUT2D eigenvalue weighted by Crippen LogP contribution is 2.40. The number of para-hydroxylation sites is 3. The molecule has 0 aliphatic heterocycles. The Kier molecular flexibility index (Phi) is 6.56. The van der Waals surface area contributed by atoms with Gasteiger partial charge >= 0.3 is 0 Å². The fourth-order valence-corrected chi connectivity index (χ4v) is 7.47. The maximum Gasteiger partial charge on any atom is 0.101 e. The van der Waals surface area contributed by atoms with Crippen molar-refractivity contribution in [3.63, 3.8) is 0 Å². The van der Waals surface area contributed by atoms with E-state index in [4.69, 9.17) is 0 Å². The number of hydrogen-bond acceptors (Lipinski definition) is 3. The van der Waals surface area contributed by atoms with Crippen LogP contribution in [0.15, 0.2) is 152 Å². The summed E-state index contributed by atoms with van der Waals surface area (Å²) in [6, 6.07) is 58.0. The second-order valence-corrected chi connectivity index (χ2v) is 12.3. The van der Waals surface area contributed by atoms with Crippen LogP contribution in [0.5, 0.6) is 0 Å². The Bertz CT molecular complexity index is 2920. The van der Waals surface area contributed by atoms with E-state index in [1.807, 2.05) is 42.5 Å². The molecule has 7 aromatic carbocycles. The average molecular weight is 636 g/mol. The smallest absolute Gasteiger partial charge is 0.101 e. The van der Waals surface area contributed by atoms with Crippen molar-refractivity contribution in [2.24, 2.45) is 0 Å². The Morgan fingerprint density at radius 1 is 0.400 bits per heavy atom. The number of aromatic nitrogens is 2. The minimum absolute atomic E-state index is 0.506. The quantitative estimate of drug-likeness (QED) is 0.193. The van der Waals surface area contributed by atoms with E-state index in [1.54, 1.807) is 12.1 Å². The van der Waals surface area contributed by atoms with Crippen LogP contribution in [-0.2, 0) is 0 Å². The molecule has 5 heteroatoms. The zero-order valence-corrected chi connectivity index (χ0v) is 26.7. The van der Waals surface area contributed by atoms with Crippen LogP contribution in [0.3, 0.4) is 0 Å². The third-order valence-electron chi connectivity index (χ3n) is 9.61. The van der Waals surface area contributed by atoms with Crippen LogP contribution in [0.2, 0.25) is 0 Å². The molecule has 0 spiro atoms. The van der Waals surface area contributed by atoms with Gasteiger partial charge in [-0.05, 0) is 83.4 Å². The van der Waals surface area contributed by atoms with Gasteiger partial charge in [0.25, 0.3) is 0 Å². The van der Waals surface area contributed by atoms with Gasteiger partial charge in [-0.15, -0.1) is 0 Å². The van der Waals surface area contributed by atoms with E-state index in [1.165, 1.54) is 10.8 Å². The third-order valence-corrected chi connectivity index (χ3v) is 9.61. The lowest BCUT2D eigenvalue weighted by Gasteiger charge is -2.17. The number of benzene rings is 7. The van der Waals surface area contributed by atoms with Crippen molar-refractivity contribution in [3.8, 4) is 51.8 Å². The van der Waals surface area contributed by atoms with Gasteiger partial charge in [0.05, 0.1) is 56.6 Å². The third kappa shape index (κ3) is 4.31. The molecule has 9 aromatic rings. The van der Waals surface area contributed by atoms with Crippen LogP contribution < -0.4 is 0 Å². The van der Waals surface area contributed by atoms with Crippen molar-refractivity contribution < 1.29 is 0 Å². The molecule has 50 heavy (non-hydrogen) atoms. The summed E-state index contributed by atoms with van der Waals surface area (Å²) in [5, 5.41) is 34.2. The van der Waals surface area contributed by atoms with Gasteiger partial charge in [0.1, 0.15) is 6.07 Å². The largest absolute Gasteiger partial charge is 0.309 e. The fraction of sp³-hybridized carbons (Fsp3) is 0. The van der Waals surface area contributed by atoms with E-state index < -0.39 is 0 Å². The molecule has 0 unspecified atom stereocenters. The summed E-state index contributed by atoms with van der Waals surface area (Å²) in [5.74, 6) is 0. The van der Waals surface area contributed by atoms with Crippen molar-refractivity contribution in [3.05, 3.63) is 168 Å². The van der Waals surface area contributed by atoms with Crippen molar-refractivity contribution >= 4 is 43.6 Å². The molecule has 2 aromatic heterocycles. The summed E-state index contributed by atoms with van der Waals surface area (Å²) in [6.07, 6.45) is 0. The van der Waals surface area contributed by atoms with Crippen LogP contribution in [0.25, 0.3) is 77.2 Å². The van der Waals surface area contributed by atoms with Gasteiger partial charge in [0.2, 0.25) is 0 Å². The van der Waals surface area contributed by atoms with Gasteiger partial charge < -0.3 is 9.13 Å². The molecule has 0 radical (unpaired) electrons. The molecule has 2 heterocycles. The average Bonchev–Trinajstić information content (AvgIpc) is 3.70. The topological polar surface area (TPSA) is 81.2 Å². The lowest BCUT2D eigenvalue weighted by molar-refractivity contribution is 1.17. The van der Waals surface area contributed by atoms with Gasteiger partial charge in [-0.25, -0.2) is 0 Å². The molecule has 230 valence electrons. The molecular weight excluding hydrogens is 611 g/mol. The molecule has 0 bridgehead atoms. The van der Waals surface area contributed by atoms with Crippen LogP contribution in [0, 0.1) is 34.0 Å². The minimum Gasteiger partial charge on any atom is -0.309 e. The summed E-state index contributed by atoms with van der Waals surface area (Å²) < 4.78 is 4.39. The predicted octanol–water partition coefficient (Wildman–Crippen LogP) is 10.8. The zero-order valence-electron chi connectivity index (χ0n) is 26.7. The van der Waals surface area contributed by atoms with E-state index in [0.29, 0.717) is 16.7 Å². The number of rotatable bonds is 4. The fourth-order valence-electron chi connectivity index (χ4n) is 7.47. The van der Waals surface area contributed by atoms with Crippen LogP contribution >= 0.6 is 0 Å². The summed E-state index contributed by atoms with van der Waals surface area (Å²) in [6.45, 7) is 0. The van der Waals surface area contributed by atoms with Crippen LogP contribution in [0.4, 0.5) is 0 Å². The van der Waals surface area contributed by atoms with Crippen molar-refractivity contribution in [2.45, 2.75) is 0 Å². The van der Waals surface area contributed by atoms with E-state index in [-0.39, 0.29) is 0 Å². The first-order valence-electron chi connectivity index (χ1n) is 16.3. The first-order valence-corrected chi connectivity index (χ1v) is 16.3. The van der Waals surface area contributed by atoms with Gasteiger partial charge in [-0.2, -0.15) is 15.8 Å². The van der Waals surface area contributed by atoms with E-state index in [9.17, 15) is 15.8 Å². The Morgan fingerprint density at radius 3 is 1.74 bits per heavy atom. The minimum atomic E-state index is 0.506. The van der Waals surface area contributed by atoms with Gasteiger partial charge in [0, 0.05) is 32.8 Å². The second-order valence-electron chi connectivity index (χ2n) is 12.3. The number of fused-ring (bicyclic) bond motifs is 6. The maximum absolute atomic E-state index is 10.5. The summed E-state index contributed by atoms with van der Waals surface area (Å²) in [4.78, 5) is 0. The Labute approximate surface area is 287 Å². The van der Waals surface area contributed by atoms with Crippen molar-refractivity contribution in [1.82, 2.24) is 9.13 Å². The Morgan fingerprint density at radius 2 is 1.00 bits per heavy atom. The zero-order chi connectivity index (χ0) is 33.8. The molecule has 0 fully saturated rings. The predicted molar refractivity (Wildman–Crippen MR) is 200 cm³/mol. The normalized spacial score (nSPS) is 11.1. The lowest BCUT2D eigenvalue weighted by Crippen LogP contribution is -2.01. The molecule has 0 atom stereocenters. The highest BCUT2D eigenvalue weighted by atomic mass is 15.0. The monoisotopic (exact) mass is 635 g/mol. The molecule has 5 nitrogen and oxygen atoms in total. The van der Waals surface area contributed by atoms with E-state index >= 15 is 0 Å². The first-order chi connectivity index (χ1) is 24.7. The van der Waals surface area contributed by atoms with Crippen LogP contribution in [0.1, 0.15) is 16.7 Å². The van der Waals surface area contributed by atoms with Crippen LogP contribution in [-0.4, -0.2) is 9.13 Å². The standard InChI is InChI=1S/C45H25N5/c46-26-29-21-22-42-39(23-29)44-33(27-47)12-8-20-43(44)50(42)45-34(28-48)13-7-17-36(45)32-11-5-9-30(24-32)31-10-6-14-35(25-31)49-40-18-3-1-15-37(40)38-16-2-4-19-41(38)49/h1-25H. The molecule has 0 saturated heterocycles. The number of hydrogen-bond donors (Lipinski definition) is 0. The molecule has 0 aliphatic rings.